The number of fused-ring (bicyclic) bond motifs is 3. The number of aromatic nitrogens is 2. The highest BCUT2D eigenvalue weighted by Crippen LogP contribution is 2.37. The highest BCUT2D eigenvalue weighted by atomic mass is 19.4. The molecule has 3 nitrogen and oxygen atoms in total. The number of anilines is 1. The smallest absolute Gasteiger partial charge is 0.377 e. The van der Waals surface area contributed by atoms with Crippen LogP contribution in [-0.4, -0.2) is 24.1 Å². The Labute approximate surface area is 138 Å². The Morgan fingerprint density at radius 2 is 1.58 bits per heavy atom. The molecule has 0 bridgehead atoms. The van der Waals surface area contributed by atoms with Crippen molar-refractivity contribution < 1.29 is 13.2 Å². The lowest BCUT2D eigenvalue weighted by Crippen LogP contribution is -2.13. The summed E-state index contributed by atoms with van der Waals surface area (Å²) in [6.07, 6.45) is -4.52. The molecule has 2 aromatic carbocycles. The zero-order valence-electron chi connectivity index (χ0n) is 13.9. The van der Waals surface area contributed by atoms with Gasteiger partial charge in [-0.3, -0.25) is 0 Å². The first-order valence-corrected chi connectivity index (χ1v) is 7.68. The molecule has 6 heteroatoms. The Morgan fingerprint density at radius 3 is 2.17 bits per heavy atom. The lowest BCUT2D eigenvalue weighted by Gasteiger charge is -2.18. The van der Waals surface area contributed by atoms with Gasteiger partial charge in [0.1, 0.15) is 5.82 Å². The largest absolute Gasteiger partial charge is 0.434 e. The van der Waals surface area contributed by atoms with E-state index in [0.29, 0.717) is 10.9 Å². The number of alkyl halides is 3. The maximum Gasteiger partial charge on any atom is 0.434 e. The summed E-state index contributed by atoms with van der Waals surface area (Å²) in [4.78, 5) is 10.2. The number of nitrogens with zero attached hydrogens (tertiary/aromatic N) is 3. The number of benzene rings is 2. The average Bonchev–Trinajstić information content (AvgIpc) is 2.51. The van der Waals surface area contributed by atoms with Crippen molar-refractivity contribution in [1.29, 1.82) is 0 Å². The number of hydrogen-bond acceptors (Lipinski definition) is 3. The second-order valence-electron chi connectivity index (χ2n) is 6.31. The van der Waals surface area contributed by atoms with Crippen molar-refractivity contribution >= 4 is 27.4 Å². The summed E-state index contributed by atoms with van der Waals surface area (Å²) in [6, 6.07) is 8.76. The standard InChI is InChI=1S/C18H18F3N3/c1-10(2)17-22-15-12-6-5-7-14(24(3)4)11(12)8-9-13(15)16(23-17)18(19,20)21/h5-10H,1-4H3. The van der Waals surface area contributed by atoms with Crippen LogP contribution in [0.4, 0.5) is 18.9 Å². The van der Waals surface area contributed by atoms with E-state index < -0.39 is 11.9 Å². The summed E-state index contributed by atoms with van der Waals surface area (Å²) in [5.41, 5.74) is 0.420. The van der Waals surface area contributed by atoms with Crippen LogP contribution in [0.1, 0.15) is 31.3 Å². The molecule has 0 radical (unpaired) electrons. The summed E-state index contributed by atoms with van der Waals surface area (Å²) in [5, 5.41) is 1.61. The third kappa shape index (κ3) is 2.66. The van der Waals surface area contributed by atoms with Crippen LogP contribution in [0.2, 0.25) is 0 Å². The number of halogens is 3. The summed E-state index contributed by atoms with van der Waals surface area (Å²) in [6.45, 7) is 3.58. The van der Waals surface area contributed by atoms with Crippen LogP contribution in [0, 0.1) is 0 Å². The molecule has 1 aromatic heterocycles. The molecule has 1 heterocycles. The molecule has 3 aromatic rings. The molecule has 126 valence electrons. The Hall–Kier alpha value is -2.37. The Bertz CT molecular complexity index is 915. The van der Waals surface area contributed by atoms with Crippen LogP contribution in [0.15, 0.2) is 30.3 Å². The van der Waals surface area contributed by atoms with Crippen LogP contribution < -0.4 is 4.90 Å². The molecule has 0 saturated heterocycles. The van der Waals surface area contributed by atoms with Gasteiger partial charge in [-0.2, -0.15) is 13.2 Å². The first kappa shape index (κ1) is 16.5. The summed E-state index contributed by atoms with van der Waals surface area (Å²) in [5.74, 6) is 0.0142. The van der Waals surface area contributed by atoms with Crippen molar-refractivity contribution in [2.75, 3.05) is 19.0 Å². The van der Waals surface area contributed by atoms with Gasteiger partial charge in [0, 0.05) is 41.9 Å². The highest BCUT2D eigenvalue weighted by molar-refractivity contribution is 6.10. The van der Waals surface area contributed by atoms with E-state index >= 15 is 0 Å². The predicted octanol–water partition coefficient (Wildman–Crippen LogP) is 4.99. The fraction of sp³-hybridized carbons (Fsp3) is 0.333. The highest BCUT2D eigenvalue weighted by Gasteiger charge is 2.36. The molecule has 0 aliphatic carbocycles. The van der Waals surface area contributed by atoms with Gasteiger partial charge in [0.25, 0.3) is 0 Å². The van der Waals surface area contributed by atoms with E-state index in [2.05, 4.69) is 9.97 Å². The third-order valence-corrected chi connectivity index (χ3v) is 3.98. The quantitative estimate of drug-likeness (QED) is 0.619. The molecule has 0 amide bonds. The Balaban J connectivity index is 2.48. The molecule has 0 spiro atoms. The number of rotatable bonds is 2. The minimum atomic E-state index is -4.52. The topological polar surface area (TPSA) is 29.0 Å². The predicted molar refractivity (Wildman–Crippen MR) is 90.5 cm³/mol. The molecule has 0 fully saturated rings. The van der Waals surface area contributed by atoms with E-state index in [9.17, 15) is 13.2 Å². The van der Waals surface area contributed by atoms with E-state index in [-0.39, 0.29) is 17.1 Å². The van der Waals surface area contributed by atoms with Crippen molar-refractivity contribution in [3.63, 3.8) is 0 Å². The van der Waals surface area contributed by atoms with Crippen LogP contribution in [-0.2, 0) is 6.18 Å². The van der Waals surface area contributed by atoms with Crippen LogP contribution in [0.3, 0.4) is 0 Å². The molecule has 3 rings (SSSR count). The average molecular weight is 333 g/mol. The SMILES string of the molecule is CC(C)c1nc(C(F)(F)F)c2ccc3c(N(C)C)cccc3c2n1. The van der Waals surface area contributed by atoms with Gasteiger partial charge in [-0.25, -0.2) is 9.97 Å². The molecular formula is C18H18F3N3. The maximum atomic E-state index is 13.5. The van der Waals surface area contributed by atoms with Gasteiger partial charge in [0.05, 0.1) is 5.52 Å². The summed E-state index contributed by atoms with van der Waals surface area (Å²) >= 11 is 0. The lowest BCUT2D eigenvalue weighted by atomic mass is 10.0. The molecule has 0 N–H and O–H groups in total. The van der Waals surface area contributed by atoms with Crippen LogP contribution in [0.5, 0.6) is 0 Å². The third-order valence-electron chi connectivity index (χ3n) is 3.98. The fourth-order valence-electron chi connectivity index (χ4n) is 2.82. The van der Waals surface area contributed by atoms with Crippen molar-refractivity contribution in [2.45, 2.75) is 25.9 Å². The van der Waals surface area contributed by atoms with Gasteiger partial charge in [-0.1, -0.05) is 32.0 Å². The Morgan fingerprint density at radius 1 is 0.917 bits per heavy atom. The van der Waals surface area contributed by atoms with E-state index in [4.69, 9.17) is 0 Å². The second kappa shape index (κ2) is 5.61. The summed E-state index contributed by atoms with van der Waals surface area (Å²) < 4.78 is 40.4. The van der Waals surface area contributed by atoms with Gasteiger partial charge >= 0.3 is 6.18 Å². The number of hydrogen-bond donors (Lipinski definition) is 0. The molecule has 24 heavy (non-hydrogen) atoms. The first-order valence-electron chi connectivity index (χ1n) is 7.68. The van der Waals surface area contributed by atoms with Crippen molar-refractivity contribution in [3.8, 4) is 0 Å². The minimum absolute atomic E-state index is 0.0373. The minimum Gasteiger partial charge on any atom is -0.377 e. The first-order chi connectivity index (χ1) is 11.2. The zero-order valence-corrected chi connectivity index (χ0v) is 13.9. The molecular weight excluding hydrogens is 315 g/mol. The molecule has 0 aliphatic rings. The van der Waals surface area contributed by atoms with Crippen molar-refractivity contribution in [2.24, 2.45) is 0 Å². The van der Waals surface area contributed by atoms with Crippen molar-refractivity contribution in [3.05, 3.63) is 41.9 Å². The van der Waals surface area contributed by atoms with Gasteiger partial charge < -0.3 is 4.90 Å². The molecule has 0 aliphatic heterocycles. The van der Waals surface area contributed by atoms with Gasteiger partial charge in [-0.15, -0.1) is 0 Å². The molecule has 0 atom stereocenters. The van der Waals surface area contributed by atoms with Gasteiger partial charge in [-0.05, 0) is 12.1 Å². The van der Waals surface area contributed by atoms with E-state index in [1.165, 1.54) is 6.07 Å². The normalized spacial score (nSPS) is 12.3. The van der Waals surface area contributed by atoms with E-state index in [1.807, 2.05) is 37.2 Å². The lowest BCUT2D eigenvalue weighted by molar-refractivity contribution is -0.140. The maximum absolute atomic E-state index is 13.5. The second-order valence-corrected chi connectivity index (χ2v) is 6.31. The van der Waals surface area contributed by atoms with Crippen LogP contribution in [0.25, 0.3) is 21.7 Å². The van der Waals surface area contributed by atoms with E-state index in [1.54, 1.807) is 19.9 Å². The monoisotopic (exact) mass is 333 g/mol. The Kier molecular flexibility index (Phi) is 3.86. The fourth-order valence-corrected chi connectivity index (χ4v) is 2.82. The zero-order chi connectivity index (χ0) is 17.6. The van der Waals surface area contributed by atoms with E-state index in [0.717, 1.165) is 11.1 Å². The summed E-state index contributed by atoms with van der Waals surface area (Å²) in [7, 11) is 3.80. The van der Waals surface area contributed by atoms with Crippen molar-refractivity contribution in [1.82, 2.24) is 9.97 Å². The molecule has 0 saturated carbocycles. The van der Waals surface area contributed by atoms with Gasteiger partial charge in [0.2, 0.25) is 0 Å². The van der Waals surface area contributed by atoms with Crippen LogP contribution >= 0.6 is 0 Å². The van der Waals surface area contributed by atoms with Gasteiger partial charge in [0.15, 0.2) is 5.69 Å². The molecule has 0 unspecified atom stereocenters.